The van der Waals surface area contributed by atoms with E-state index in [2.05, 4.69) is 10.3 Å². The van der Waals surface area contributed by atoms with Crippen molar-refractivity contribution >= 4 is 50.3 Å². The van der Waals surface area contributed by atoms with Crippen LogP contribution in [0.1, 0.15) is 22.3 Å². The highest BCUT2D eigenvalue weighted by molar-refractivity contribution is 7.91. The standard InChI is InChI=1S/C16H13ClN2O4S.C10H9F6N/c1-24(22,23)16-18-9-13(15(20)21)14(19(16)17)12-8-4-6-10-5-2-3-7-11(10)12;1-17-5-6-2-7(9(11,12)13)4-8(3-6)10(14,15)16/h2-9,16H,1H3,(H,20,21);2-4,17H,5H2,1H3. The van der Waals surface area contributed by atoms with Crippen molar-refractivity contribution < 1.29 is 44.7 Å². The van der Waals surface area contributed by atoms with Crippen LogP contribution in [-0.4, -0.2) is 48.9 Å². The van der Waals surface area contributed by atoms with Gasteiger partial charge in [0.2, 0.25) is 5.50 Å². The zero-order valence-corrected chi connectivity index (χ0v) is 22.8. The lowest BCUT2D eigenvalue weighted by Crippen LogP contribution is -2.36. The number of sulfone groups is 1. The third kappa shape index (κ3) is 7.57. The van der Waals surface area contributed by atoms with Gasteiger partial charge in [-0.3, -0.25) is 4.99 Å². The Morgan fingerprint density at radius 1 is 1.00 bits per heavy atom. The lowest BCUT2D eigenvalue weighted by Gasteiger charge is -2.29. The van der Waals surface area contributed by atoms with Crippen molar-refractivity contribution in [1.29, 1.82) is 0 Å². The predicted molar refractivity (Wildman–Crippen MR) is 143 cm³/mol. The van der Waals surface area contributed by atoms with E-state index in [1.54, 1.807) is 12.1 Å². The van der Waals surface area contributed by atoms with Gasteiger partial charge in [0, 0.05) is 36.4 Å². The molecule has 0 aliphatic carbocycles. The molecule has 0 radical (unpaired) electrons. The molecule has 1 heterocycles. The number of rotatable bonds is 5. The van der Waals surface area contributed by atoms with Crippen LogP contribution in [-0.2, 0) is 33.5 Å². The molecule has 0 saturated heterocycles. The maximum absolute atomic E-state index is 12.4. The Morgan fingerprint density at radius 3 is 2.07 bits per heavy atom. The monoisotopic (exact) mass is 621 g/mol. The molecule has 3 aromatic carbocycles. The highest BCUT2D eigenvalue weighted by Gasteiger charge is 2.37. The molecule has 15 heteroatoms. The molecule has 0 fully saturated rings. The molecule has 1 atom stereocenters. The second-order valence-electron chi connectivity index (χ2n) is 8.78. The quantitative estimate of drug-likeness (QED) is 0.270. The Labute approximate surface area is 235 Å². The number of alkyl halides is 6. The molecule has 0 bridgehead atoms. The first-order chi connectivity index (χ1) is 18.9. The lowest BCUT2D eigenvalue weighted by molar-refractivity contribution is -0.143. The number of aliphatic carboxylic acids is 1. The minimum Gasteiger partial charge on any atom is -0.478 e. The molecular weight excluding hydrogens is 600 g/mol. The van der Waals surface area contributed by atoms with Gasteiger partial charge in [0.25, 0.3) is 0 Å². The summed E-state index contributed by atoms with van der Waals surface area (Å²) >= 11 is 6.23. The van der Waals surface area contributed by atoms with Crippen LogP contribution >= 0.6 is 11.8 Å². The molecule has 4 rings (SSSR count). The number of nitrogens with one attached hydrogen (secondary N) is 1. The van der Waals surface area contributed by atoms with Crippen molar-refractivity contribution in [1.82, 2.24) is 9.74 Å². The van der Waals surface area contributed by atoms with Crippen molar-refractivity contribution in [2.75, 3.05) is 13.3 Å². The van der Waals surface area contributed by atoms with E-state index in [-0.39, 0.29) is 29.4 Å². The number of carbonyl (C=O) groups is 1. The Morgan fingerprint density at radius 2 is 1.56 bits per heavy atom. The number of fused-ring (bicyclic) bond motifs is 1. The van der Waals surface area contributed by atoms with E-state index in [0.29, 0.717) is 17.7 Å². The summed E-state index contributed by atoms with van der Waals surface area (Å²) in [4.78, 5) is 15.4. The van der Waals surface area contributed by atoms with E-state index in [1.807, 2.05) is 30.3 Å². The Kier molecular flexibility index (Phi) is 9.40. The Balaban J connectivity index is 0.000000241. The summed E-state index contributed by atoms with van der Waals surface area (Å²) in [5.41, 5.74) is -3.56. The number of carboxylic acids is 1. The van der Waals surface area contributed by atoms with Gasteiger partial charge in [0.1, 0.15) is 5.57 Å². The SMILES string of the molecule is CNCc1cc(C(F)(F)F)cc(C(F)(F)F)c1.CS(=O)(=O)C1N=CC(C(=O)O)=C(c2cccc3ccccc23)N1Cl. The molecule has 2 N–H and O–H groups in total. The summed E-state index contributed by atoms with van der Waals surface area (Å²) in [6.07, 6.45) is -7.53. The largest absolute Gasteiger partial charge is 0.478 e. The summed E-state index contributed by atoms with van der Waals surface area (Å²) in [6.45, 7) is -0.0625. The first-order valence-corrected chi connectivity index (χ1v) is 13.8. The van der Waals surface area contributed by atoms with Crippen LogP contribution in [0.15, 0.2) is 71.2 Å². The third-order valence-corrected chi connectivity index (χ3v) is 7.25. The lowest BCUT2D eigenvalue weighted by atomic mass is 9.99. The number of benzene rings is 3. The summed E-state index contributed by atoms with van der Waals surface area (Å²) in [5, 5.41) is 13.6. The van der Waals surface area contributed by atoms with Crippen LogP contribution in [0.25, 0.3) is 16.5 Å². The smallest absolute Gasteiger partial charge is 0.416 e. The topological polar surface area (TPSA) is 99.1 Å². The van der Waals surface area contributed by atoms with Crippen molar-refractivity contribution in [2.24, 2.45) is 4.99 Å². The molecule has 0 spiro atoms. The van der Waals surface area contributed by atoms with Gasteiger partial charge in [0.05, 0.1) is 16.8 Å². The average Bonchev–Trinajstić information content (AvgIpc) is 2.87. The molecule has 3 aromatic rings. The molecule has 1 aliphatic heterocycles. The van der Waals surface area contributed by atoms with Crippen molar-refractivity contribution in [2.45, 2.75) is 24.4 Å². The normalized spacial score (nSPS) is 16.0. The van der Waals surface area contributed by atoms with E-state index >= 15 is 0 Å². The zero-order valence-electron chi connectivity index (χ0n) is 21.3. The number of hydrogen-bond acceptors (Lipinski definition) is 6. The molecule has 1 aliphatic rings. The van der Waals surface area contributed by atoms with E-state index in [1.165, 1.54) is 7.05 Å². The van der Waals surface area contributed by atoms with Gasteiger partial charge in [-0.15, -0.1) is 0 Å². The minimum atomic E-state index is -4.79. The van der Waals surface area contributed by atoms with Crippen LogP contribution in [0.4, 0.5) is 26.3 Å². The van der Waals surface area contributed by atoms with E-state index in [4.69, 9.17) is 11.8 Å². The predicted octanol–water partition coefficient (Wildman–Crippen LogP) is 5.95. The Bertz CT molecular complexity index is 1580. The second-order valence-corrected chi connectivity index (χ2v) is 11.2. The summed E-state index contributed by atoms with van der Waals surface area (Å²) < 4.78 is 99.0. The van der Waals surface area contributed by atoms with E-state index in [9.17, 15) is 44.7 Å². The van der Waals surface area contributed by atoms with Crippen LogP contribution in [0.2, 0.25) is 0 Å². The first-order valence-electron chi connectivity index (χ1n) is 11.5. The summed E-state index contributed by atoms with van der Waals surface area (Å²) in [6, 6.07) is 14.2. The number of halogens is 7. The van der Waals surface area contributed by atoms with Gasteiger partial charge < -0.3 is 10.4 Å². The molecule has 0 amide bonds. The summed E-state index contributed by atoms with van der Waals surface area (Å²) in [7, 11) is -2.21. The van der Waals surface area contributed by atoms with Crippen LogP contribution in [0.3, 0.4) is 0 Å². The highest BCUT2D eigenvalue weighted by atomic mass is 35.5. The minimum absolute atomic E-state index is 0.0605. The fourth-order valence-corrected chi connectivity index (χ4v) is 5.33. The number of aliphatic imine (C=N–C) groups is 1. The number of nitrogens with zero attached hydrogens (tertiary/aromatic N) is 2. The van der Waals surface area contributed by atoms with Gasteiger partial charge >= 0.3 is 18.3 Å². The van der Waals surface area contributed by atoms with Gasteiger partial charge in [-0.2, -0.15) is 26.3 Å². The fraction of sp³-hybridized carbons (Fsp3) is 0.231. The zero-order chi connectivity index (χ0) is 30.8. The van der Waals surface area contributed by atoms with Gasteiger partial charge in [0.15, 0.2) is 9.84 Å². The van der Waals surface area contributed by atoms with Crippen molar-refractivity contribution in [3.05, 3.63) is 88.5 Å². The number of hydrogen-bond donors (Lipinski definition) is 2. The molecule has 220 valence electrons. The van der Waals surface area contributed by atoms with E-state index < -0.39 is 44.8 Å². The van der Waals surface area contributed by atoms with Crippen LogP contribution in [0.5, 0.6) is 0 Å². The molecule has 41 heavy (non-hydrogen) atoms. The molecule has 0 saturated carbocycles. The second kappa shape index (κ2) is 12.1. The third-order valence-electron chi connectivity index (χ3n) is 5.68. The average molecular weight is 622 g/mol. The van der Waals surface area contributed by atoms with Gasteiger partial charge in [-0.05, 0) is 41.6 Å². The van der Waals surface area contributed by atoms with Crippen LogP contribution in [0, 0.1) is 0 Å². The molecular formula is C26H22ClF6N3O4S. The first kappa shape index (κ1) is 31.9. The summed E-state index contributed by atoms with van der Waals surface area (Å²) in [5.74, 6) is -1.24. The fourth-order valence-electron chi connectivity index (χ4n) is 3.94. The maximum atomic E-state index is 12.4. The van der Waals surface area contributed by atoms with Crippen LogP contribution < -0.4 is 5.32 Å². The Hall–Kier alpha value is -3.62. The van der Waals surface area contributed by atoms with Crippen molar-refractivity contribution in [3.8, 4) is 0 Å². The van der Waals surface area contributed by atoms with Gasteiger partial charge in [-0.25, -0.2) is 17.6 Å². The molecule has 0 aromatic heterocycles. The molecule has 7 nitrogen and oxygen atoms in total. The highest BCUT2D eigenvalue weighted by Crippen LogP contribution is 2.37. The van der Waals surface area contributed by atoms with E-state index in [0.717, 1.165) is 27.7 Å². The maximum Gasteiger partial charge on any atom is 0.416 e. The number of carboxylic acid groups (broad SMARTS) is 1. The van der Waals surface area contributed by atoms with Gasteiger partial charge in [-0.1, -0.05) is 42.5 Å². The van der Waals surface area contributed by atoms with Crippen molar-refractivity contribution in [3.63, 3.8) is 0 Å². The molecule has 1 unspecified atom stereocenters.